The van der Waals surface area contributed by atoms with E-state index in [9.17, 15) is 9.59 Å². The molecule has 106 valence electrons. The number of hydrogen-bond acceptors (Lipinski definition) is 4. The van der Waals surface area contributed by atoms with Crippen LogP contribution in [-0.2, 0) is 16.1 Å². The van der Waals surface area contributed by atoms with E-state index in [2.05, 4.69) is 10.3 Å². The van der Waals surface area contributed by atoms with Crippen molar-refractivity contribution >= 4 is 23.6 Å². The molecule has 1 atom stereocenters. The van der Waals surface area contributed by atoms with Gasteiger partial charge in [-0.15, -0.1) is 11.8 Å². The van der Waals surface area contributed by atoms with Crippen LogP contribution >= 0.6 is 11.8 Å². The summed E-state index contributed by atoms with van der Waals surface area (Å²) < 4.78 is 0. The van der Waals surface area contributed by atoms with E-state index in [0.29, 0.717) is 18.2 Å². The third-order valence-electron chi connectivity index (χ3n) is 3.56. The minimum absolute atomic E-state index is 0.0744. The van der Waals surface area contributed by atoms with E-state index >= 15 is 0 Å². The Hall–Kier alpha value is -1.56. The smallest absolute Gasteiger partial charge is 0.244 e. The zero-order chi connectivity index (χ0) is 13.9. The first-order valence-electron chi connectivity index (χ1n) is 6.81. The number of nitrogens with zero attached hydrogens (tertiary/aromatic N) is 2. The fourth-order valence-corrected chi connectivity index (χ4v) is 3.40. The summed E-state index contributed by atoms with van der Waals surface area (Å²) in [5.41, 5.74) is 0.826. The lowest BCUT2D eigenvalue weighted by Crippen LogP contribution is -2.47. The van der Waals surface area contributed by atoms with Crippen molar-refractivity contribution in [3.8, 4) is 0 Å². The van der Waals surface area contributed by atoms with Crippen LogP contribution in [0, 0.1) is 5.92 Å². The van der Waals surface area contributed by atoms with E-state index in [1.165, 1.54) is 0 Å². The highest BCUT2D eigenvalue weighted by molar-refractivity contribution is 7.99. The lowest BCUT2D eigenvalue weighted by Gasteiger charge is -2.23. The minimum atomic E-state index is -0.322. The second kappa shape index (κ2) is 5.83. The standard InChI is InChI=1S/C14H17N3O2S/c18-13(16-7-11-3-1-2-6-15-11)12-8-20-9-17(12)14(19)10-4-5-10/h1-3,6,10,12H,4-5,7-9H2,(H,16,18). The number of rotatable bonds is 4. The number of amides is 2. The Balaban J connectivity index is 1.57. The molecule has 0 spiro atoms. The van der Waals surface area contributed by atoms with Gasteiger partial charge in [0.2, 0.25) is 11.8 Å². The van der Waals surface area contributed by atoms with Crippen LogP contribution in [0.2, 0.25) is 0 Å². The van der Waals surface area contributed by atoms with Gasteiger partial charge in [0.25, 0.3) is 0 Å². The summed E-state index contributed by atoms with van der Waals surface area (Å²) >= 11 is 1.64. The Morgan fingerprint density at radius 3 is 2.95 bits per heavy atom. The fraction of sp³-hybridized carbons (Fsp3) is 0.500. The summed E-state index contributed by atoms with van der Waals surface area (Å²) in [6.45, 7) is 0.409. The number of nitrogens with one attached hydrogen (secondary N) is 1. The molecule has 1 aliphatic heterocycles. The van der Waals surface area contributed by atoms with Gasteiger partial charge in [-0.1, -0.05) is 6.07 Å². The van der Waals surface area contributed by atoms with Gasteiger partial charge in [-0.25, -0.2) is 0 Å². The molecule has 1 N–H and O–H groups in total. The molecule has 3 rings (SSSR count). The van der Waals surface area contributed by atoms with Crippen LogP contribution in [0.4, 0.5) is 0 Å². The number of carbonyl (C=O) groups excluding carboxylic acids is 2. The van der Waals surface area contributed by atoms with E-state index in [1.54, 1.807) is 22.9 Å². The normalized spacial score (nSPS) is 21.8. The minimum Gasteiger partial charge on any atom is -0.349 e. The van der Waals surface area contributed by atoms with Gasteiger partial charge < -0.3 is 10.2 Å². The van der Waals surface area contributed by atoms with Crippen molar-refractivity contribution < 1.29 is 9.59 Å². The Morgan fingerprint density at radius 2 is 2.25 bits per heavy atom. The summed E-state index contributed by atoms with van der Waals surface area (Å²) in [5, 5.41) is 2.88. The zero-order valence-electron chi connectivity index (χ0n) is 11.1. The van der Waals surface area contributed by atoms with E-state index in [1.807, 2.05) is 18.2 Å². The molecule has 5 nitrogen and oxygen atoms in total. The summed E-state index contributed by atoms with van der Waals surface area (Å²) in [7, 11) is 0. The molecule has 2 heterocycles. The number of pyridine rings is 1. The molecule has 0 radical (unpaired) electrons. The fourth-order valence-electron chi connectivity index (χ4n) is 2.24. The SMILES string of the molecule is O=C(NCc1ccccn1)C1CSCN1C(=O)C1CC1. The van der Waals surface area contributed by atoms with Gasteiger partial charge in [0, 0.05) is 17.9 Å². The first kappa shape index (κ1) is 13.4. The average Bonchev–Trinajstić information content (AvgIpc) is 3.22. The van der Waals surface area contributed by atoms with Crippen LogP contribution in [0.5, 0.6) is 0 Å². The highest BCUT2D eigenvalue weighted by Crippen LogP contribution is 2.34. The van der Waals surface area contributed by atoms with Crippen molar-refractivity contribution in [1.29, 1.82) is 0 Å². The van der Waals surface area contributed by atoms with Crippen LogP contribution in [0.1, 0.15) is 18.5 Å². The average molecular weight is 291 g/mol. The molecule has 2 amide bonds. The molecule has 6 heteroatoms. The first-order chi connectivity index (χ1) is 9.75. The van der Waals surface area contributed by atoms with Crippen molar-refractivity contribution in [3.05, 3.63) is 30.1 Å². The van der Waals surface area contributed by atoms with Crippen molar-refractivity contribution in [1.82, 2.24) is 15.2 Å². The van der Waals surface area contributed by atoms with Gasteiger partial charge in [0.05, 0.1) is 18.1 Å². The molecular formula is C14H17N3O2S. The lowest BCUT2D eigenvalue weighted by molar-refractivity contribution is -0.139. The van der Waals surface area contributed by atoms with Crippen LogP contribution in [0.25, 0.3) is 0 Å². The topological polar surface area (TPSA) is 62.3 Å². The van der Waals surface area contributed by atoms with E-state index in [0.717, 1.165) is 18.5 Å². The summed E-state index contributed by atoms with van der Waals surface area (Å²) in [6.07, 6.45) is 3.65. The highest BCUT2D eigenvalue weighted by Gasteiger charge is 2.41. The van der Waals surface area contributed by atoms with Crippen LogP contribution < -0.4 is 5.32 Å². The summed E-state index contributed by atoms with van der Waals surface area (Å²) in [5.74, 6) is 1.56. The second-order valence-electron chi connectivity index (χ2n) is 5.14. The Kier molecular flexibility index (Phi) is 3.91. The maximum atomic E-state index is 12.2. The van der Waals surface area contributed by atoms with Crippen molar-refractivity contribution in [2.75, 3.05) is 11.6 Å². The molecule has 1 saturated carbocycles. The molecule has 2 fully saturated rings. The molecule has 20 heavy (non-hydrogen) atoms. The molecule has 1 saturated heterocycles. The lowest BCUT2D eigenvalue weighted by atomic mass is 10.2. The van der Waals surface area contributed by atoms with Gasteiger partial charge in [-0.05, 0) is 25.0 Å². The van der Waals surface area contributed by atoms with Crippen molar-refractivity contribution in [2.24, 2.45) is 5.92 Å². The highest BCUT2D eigenvalue weighted by atomic mass is 32.2. The summed E-state index contributed by atoms with van der Waals surface area (Å²) in [6, 6.07) is 5.28. The Labute approximate surface area is 122 Å². The molecule has 0 bridgehead atoms. The number of carbonyl (C=O) groups is 2. The number of hydrogen-bond donors (Lipinski definition) is 1. The molecule has 1 unspecified atom stereocenters. The molecule has 1 aliphatic carbocycles. The molecule has 1 aromatic rings. The predicted molar refractivity (Wildman–Crippen MR) is 76.8 cm³/mol. The van der Waals surface area contributed by atoms with Crippen LogP contribution in [0.15, 0.2) is 24.4 Å². The predicted octanol–water partition coefficient (Wildman–Crippen LogP) is 1.01. The molecular weight excluding hydrogens is 274 g/mol. The van der Waals surface area contributed by atoms with Crippen molar-refractivity contribution in [3.63, 3.8) is 0 Å². The van der Waals surface area contributed by atoms with E-state index < -0.39 is 0 Å². The molecule has 2 aliphatic rings. The van der Waals surface area contributed by atoms with Crippen LogP contribution in [-0.4, -0.2) is 39.4 Å². The van der Waals surface area contributed by atoms with Gasteiger partial charge >= 0.3 is 0 Å². The van der Waals surface area contributed by atoms with Gasteiger partial charge in [0.1, 0.15) is 6.04 Å². The molecule has 0 aromatic carbocycles. The second-order valence-corrected chi connectivity index (χ2v) is 6.14. The Bertz CT molecular complexity index is 504. The monoisotopic (exact) mass is 291 g/mol. The molecule has 1 aromatic heterocycles. The van der Waals surface area contributed by atoms with Gasteiger partial charge in [-0.2, -0.15) is 0 Å². The quantitative estimate of drug-likeness (QED) is 0.899. The summed E-state index contributed by atoms with van der Waals surface area (Å²) in [4.78, 5) is 30.2. The van der Waals surface area contributed by atoms with Gasteiger partial charge in [0.15, 0.2) is 0 Å². The first-order valence-corrected chi connectivity index (χ1v) is 7.97. The van der Waals surface area contributed by atoms with E-state index in [-0.39, 0.29) is 23.8 Å². The van der Waals surface area contributed by atoms with Crippen molar-refractivity contribution in [2.45, 2.75) is 25.4 Å². The number of aromatic nitrogens is 1. The van der Waals surface area contributed by atoms with Crippen LogP contribution in [0.3, 0.4) is 0 Å². The maximum absolute atomic E-state index is 12.2. The number of thioether (sulfide) groups is 1. The zero-order valence-corrected chi connectivity index (χ0v) is 11.9. The van der Waals surface area contributed by atoms with E-state index in [4.69, 9.17) is 0 Å². The Morgan fingerprint density at radius 1 is 1.40 bits per heavy atom. The van der Waals surface area contributed by atoms with Gasteiger partial charge in [-0.3, -0.25) is 14.6 Å². The third kappa shape index (κ3) is 2.95. The largest absolute Gasteiger partial charge is 0.349 e. The third-order valence-corrected chi connectivity index (χ3v) is 4.58. The maximum Gasteiger partial charge on any atom is 0.244 e.